The van der Waals surface area contributed by atoms with Crippen molar-refractivity contribution < 1.29 is 9.53 Å². The molecule has 0 radical (unpaired) electrons. The molecule has 1 aromatic carbocycles. The third-order valence-electron chi connectivity index (χ3n) is 5.53. The summed E-state index contributed by atoms with van der Waals surface area (Å²) in [5, 5.41) is 0. The molecule has 0 N–H and O–H groups in total. The van der Waals surface area contributed by atoms with E-state index in [9.17, 15) is 4.79 Å². The van der Waals surface area contributed by atoms with Crippen molar-refractivity contribution in [2.45, 2.75) is 54.1 Å². The summed E-state index contributed by atoms with van der Waals surface area (Å²) < 4.78 is 6.33. The number of ketones is 1. The van der Waals surface area contributed by atoms with Crippen LogP contribution >= 0.6 is 0 Å². The SMILES string of the molecule is C=C1COC(c2ccccc2)C2(C=C(C(C)(C)C)C(=O)C(C(C)(C)C)=C2)C1. The fraction of sp³-hybridized carbons (Fsp3) is 0.480. The molecule has 0 bridgehead atoms. The fourth-order valence-corrected chi connectivity index (χ4v) is 4.19. The minimum atomic E-state index is -0.379. The van der Waals surface area contributed by atoms with Gasteiger partial charge in [0.25, 0.3) is 0 Å². The summed E-state index contributed by atoms with van der Waals surface area (Å²) in [6.45, 7) is 17.5. The lowest BCUT2D eigenvalue weighted by Gasteiger charge is -2.46. The highest BCUT2D eigenvalue weighted by atomic mass is 16.5. The van der Waals surface area contributed by atoms with E-state index in [1.54, 1.807) is 0 Å². The van der Waals surface area contributed by atoms with Gasteiger partial charge < -0.3 is 4.74 Å². The Kier molecular flexibility index (Phi) is 4.84. The van der Waals surface area contributed by atoms with Gasteiger partial charge in [-0.25, -0.2) is 0 Å². The molecule has 1 unspecified atom stereocenters. The first kappa shape index (κ1) is 19.8. The topological polar surface area (TPSA) is 26.3 Å². The summed E-state index contributed by atoms with van der Waals surface area (Å²) in [5.41, 5.74) is 3.15. The Morgan fingerprint density at radius 1 is 0.963 bits per heavy atom. The van der Waals surface area contributed by atoms with E-state index in [2.05, 4.69) is 72.4 Å². The van der Waals surface area contributed by atoms with Gasteiger partial charge in [0.15, 0.2) is 5.78 Å². The van der Waals surface area contributed by atoms with Crippen LogP contribution in [0, 0.1) is 16.2 Å². The largest absolute Gasteiger partial charge is 0.368 e. The van der Waals surface area contributed by atoms with Crippen LogP contribution in [0.3, 0.4) is 0 Å². The number of carbonyl (C=O) groups excluding carboxylic acids is 1. The predicted octanol–water partition coefficient (Wildman–Crippen LogP) is 6.22. The molecule has 1 saturated heterocycles. The number of allylic oxidation sites excluding steroid dienone is 2. The Morgan fingerprint density at radius 2 is 1.48 bits per heavy atom. The van der Waals surface area contributed by atoms with Crippen LogP contribution in [-0.2, 0) is 9.53 Å². The smallest absolute Gasteiger partial charge is 0.185 e. The number of rotatable bonds is 1. The van der Waals surface area contributed by atoms with E-state index in [0.717, 1.165) is 28.7 Å². The normalized spacial score (nSPS) is 23.3. The van der Waals surface area contributed by atoms with Crippen molar-refractivity contribution in [1.82, 2.24) is 0 Å². The van der Waals surface area contributed by atoms with Crippen molar-refractivity contribution in [2.24, 2.45) is 16.2 Å². The Hall–Kier alpha value is -1.93. The zero-order valence-corrected chi connectivity index (χ0v) is 17.6. The third kappa shape index (κ3) is 3.73. The summed E-state index contributed by atoms with van der Waals surface area (Å²) in [5.74, 6) is 0.170. The first-order valence-electron chi connectivity index (χ1n) is 9.79. The number of benzene rings is 1. The summed E-state index contributed by atoms with van der Waals surface area (Å²) in [4.78, 5) is 13.4. The van der Waals surface area contributed by atoms with Crippen molar-refractivity contribution in [3.63, 3.8) is 0 Å². The van der Waals surface area contributed by atoms with Gasteiger partial charge >= 0.3 is 0 Å². The molecule has 2 heteroatoms. The van der Waals surface area contributed by atoms with E-state index in [-0.39, 0.29) is 28.1 Å². The molecular formula is C25H32O2. The average molecular weight is 365 g/mol. The highest BCUT2D eigenvalue weighted by Gasteiger charge is 2.47. The first-order chi connectivity index (χ1) is 12.4. The maximum Gasteiger partial charge on any atom is 0.185 e. The second-order valence-corrected chi connectivity index (χ2v) is 10.1. The number of carbonyl (C=O) groups is 1. The van der Waals surface area contributed by atoms with Crippen molar-refractivity contribution in [2.75, 3.05) is 6.61 Å². The molecule has 0 amide bonds. The van der Waals surface area contributed by atoms with E-state index in [0.29, 0.717) is 6.61 Å². The molecule has 1 aromatic rings. The van der Waals surface area contributed by atoms with E-state index in [1.807, 2.05) is 18.2 Å². The molecule has 1 aliphatic heterocycles. The van der Waals surface area contributed by atoms with Crippen LogP contribution in [0.2, 0.25) is 0 Å². The monoisotopic (exact) mass is 364 g/mol. The number of ether oxygens (including phenoxy) is 1. The van der Waals surface area contributed by atoms with Gasteiger partial charge in [0, 0.05) is 16.6 Å². The summed E-state index contributed by atoms with van der Waals surface area (Å²) >= 11 is 0. The van der Waals surface area contributed by atoms with Crippen molar-refractivity contribution in [1.29, 1.82) is 0 Å². The molecule has 0 aromatic heterocycles. The predicted molar refractivity (Wildman–Crippen MR) is 111 cm³/mol. The molecule has 1 heterocycles. The Morgan fingerprint density at radius 3 is 1.96 bits per heavy atom. The standard InChI is InChI=1S/C25H32O2/c1-17-13-25(22(27-16-17)18-11-9-8-10-12-18)14-19(23(2,3)4)21(26)20(15-25)24(5,6)7/h8-12,14-15,22H,1,13,16H2,2-7H3. The molecule has 1 aliphatic carbocycles. The van der Waals surface area contributed by atoms with E-state index >= 15 is 0 Å². The van der Waals surface area contributed by atoms with Crippen LogP contribution < -0.4 is 0 Å². The summed E-state index contributed by atoms with van der Waals surface area (Å²) in [7, 11) is 0. The van der Waals surface area contributed by atoms with Crippen molar-refractivity contribution >= 4 is 5.78 Å². The van der Waals surface area contributed by atoms with E-state index in [4.69, 9.17) is 4.74 Å². The van der Waals surface area contributed by atoms with Crippen LogP contribution in [0.1, 0.15) is 59.6 Å². The minimum Gasteiger partial charge on any atom is -0.368 e. The molecular weight excluding hydrogens is 332 g/mol. The highest BCUT2D eigenvalue weighted by Crippen LogP contribution is 2.54. The van der Waals surface area contributed by atoms with Crippen LogP contribution in [0.25, 0.3) is 0 Å². The van der Waals surface area contributed by atoms with E-state index in [1.165, 1.54) is 0 Å². The molecule has 144 valence electrons. The Bertz CT molecular complexity index is 776. The molecule has 2 nitrogen and oxygen atoms in total. The summed E-state index contributed by atoms with van der Waals surface area (Å²) in [6.07, 6.45) is 5.06. The number of hydrogen-bond acceptors (Lipinski definition) is 2. The average Bonchev–Trinajstić information content (AvgIpc) is 2.56. The minimum absolute atomic E-state index is 0.119. The van der Waals surface area contributed by atoms with Crippen molar-refractivity contribution in [3.8, 4) is 0 Å². The van der Waals surface area contributed by atoms with Gasteiger partial charge in [-0.05, 0) is 22.8 Å². The van der Waals surface area contributed by atoms with Crippen LogP contribution in [0.5, 0.6) is 0 Å². The lowest BCUT2D eigenvalue weighted by Crippen LogP contribution is -2.40. The van der Waals surface area contributed by atoms with Gasteiger partial charge in [0.1, 0.15) is 0 Å². The zero-order chi connectivity index (χ0) is 20.0. The first-order valence-corrected chi connectivity index (χ1v) is 9.79. The molecule has 1 fully saturated rings. The zero-order valence-electron chi connectivity index (χ0n) is 17.6. The second-order valence-electron chi connectivity index (χ2n) is 10.1. The maximum absolute atomic E-state index is 13.4. The van der Waals surface area contributed by atoms with E-state index < -0.39 is 0 Å². The maximum atomic E-state index is 13.4. The third-order valence-corrected chi connectivity index (χ3v) is 5.53. The van der Waals surface area contributed by atoms with Crippen LogP contribution in [0.4, 0.5) is 0 Å². The van der Waals surface area contributed by atoms with Crippen LogP contribution in [0.15, 0.2) is 65.8 Å². The Labute approximate surface area is 164 Å². The number of Topliss-reactive ketones (excluding diaryl/α,β-unsaturated/α-hetero) is 1. The molecule has 27 heavy (non-hydrogen) atoms. The van der Waals surface area contributed by atoms with Crippen molar-refractivity contribution in [3.05, 3.63) is 71.3 Å². The second kappa shape index (κ2) is 6.60. The quantitative estimate of drug-likeness (QED) is 0.553. The molecule has 2 aliphatic rings. The molecule has 0 saturated carbocycles. The lowest BCUT2D eigenvalue weighted by atomic mass is 9.61. The Balaban J connectivity index is 2.25. The summed E-state index contributed by atoms with van der Waals surface area (Å²) in [6, 6.07) is 10.4. The molecule has 1 atom stereocenters. The highest BCUT2D eigenvalue weighted by molar-refractivity contribution is 6.11. The number of hydrogen-bond donors (Lipinski definition) is 0. The van der Waals surface area contributed by atoms with Gasteiger partial charge in [-0.1, -0.05) is 96.2 Å². The van der Waals surface area contributed by atoms with Gasteiger partial charge in [-0.2, -0.15) is 0 Å². The fourth-order valence-electron chi connectivity index (χ4n) is 4.19. The van der Waals surface area contributed by atoms with Gasteiger partial charge in [-0.15, -0.1) is 0 Å². The van der Waals surface area contributed by atoms with Crippen LogP contribution in [-0.4, -0.2) is 12.4 Å². The molecule has 3 rings (SSSR count). The van der Waals surface area contributed by atoms with Gasteiger partial charge in [0.2, 0.25) is 0 Å². The van der Waals surface area contributed by atoms with Gasteiger partial charge in [0.05, 0.1) is 12.7 Å². The lowest BCUT2D eigenvalue weighted by molar-refractivity contribution is -0.114. The van der Waals surface area contributed by atoms with Gasteiger partial charge in [-0.3, -0.25) is 4.79 Å². The molecule has 1 spiro atoms.